The molecule has 0 fully saturated rings. The zero-order valence-corrected chi connectivity index (χ0v) is 15.9. The first-order chi connectivity index (χ1) is 13.6. The fraction of sp³-hybridized carbons (Fsp3) is 0.316. The van der Waals surface area contributed by atoms with Gasteiger partial charge in [-0.3, -0.25) is 4.79 Å². The highest BCUT2D eigenvalue weighted by molar-refractivity contribution is 5.94. The Labute approximate surface area is 162 Å². The highest BCUT2D eigenvalue weighted by Gasteiger charge is 2.18. The van der Waals surface area contributed by atoms with Crippen LogP contribution in [0.3, 0.4) is 0 Å². The van der Waals surface area contributed by atoms with E-state index in [1.54, 1.807) is 14.2 Å². The molecule has 1 atom stereocenters. The van der Waals surface area contributed by atoms with Crippen molar-refractivity contribution in [2.75, 3.05) is 31.3 Å². The fourth-order valence-corrected chi connectivity index (χ4v) is 3.07. The van der Waals surface area contributed by atoms with Gasteiger partial charge in [0.2, 0.25) is 0 Å². The van der Waals surface area contributed by atoms with Crippen LogP contribution in [0, 0.1) is 0 Å². The molecule has 4 rings (SSSR count). The Bertz CT molecular complexity index is 1030. The van der Waals surface area contributed by atoms with Gasteiger partial charge in [-0.1, -0.05) is 6.07 Å². The summed E-state index contributed by atoms with van der Waals surface area (Å²) in [6.07, 6.45) is 1.36. The lowest BCUT2D eigenvalue weighted by atomic mass is 10.2. The van der Waals surface area contributed by atoms with E-state index in [1.165, 1.54) is 10.7 Å². The molecule has 2 aromatic heterocycles. The maximum Gasteiger partial charge on any atom is 0.271 e. The molecule has 1 aliphatic rings. The first-order valence-corrected chi connectivity index (χ1v) is 8.99. The summed E-state index contributed by atoms with van der Waals surface area (Å²) >= 11 is 0. The third-order valence-electron chi connectivity index (χ3n) is 4.58. The molecule has 3 heterocycles. The van der Waals surface area contributed by atoms with E-state index in [0.717, 1.165) is 16.9 Å². The Morgan fingerprint density at radius 2 is 2.21 bits per heavy atom. The molecule has 0 saturated carbocycles. The van der Waals surface area contributed by atoms with Crippen LogP contribution in [0.1, 0.15) is 23.0 Å². The van der Waals surface area contributed by atoms with Crippen LogP contribution in [0.25, 0.3) is 5.65 Å². The Kier molecular flexibility index (Phi) is 4.74. The predicted molar refractivity (Wildman–Crippen MR) is 105 cm³/mol. The molecular weight excluding hydrogens is 360 g/mol. The highest BCUT2D eigenvalue weighted by Crippen LogP contribution is 2.30. The van der Waals surface area contributed by atoms with Gasteiger partial charge in [-0.05, 0) is 24.6 Å². The van der Waals surface area contributed by atoms with Crippen LogP contribution >= 0.6 is 0 Å². The Balaban J connectivity index is 1.87. The van der Waals surface area contributed by atoms with Crippen molar-refractivity contribution in [1.29, 1.82) is 0 Å². The largest absolute Gasteiger partial charge is 0.495 e. The quantitative estimate of drug-likeness (QED) is 0.624. The second kappa shape index (κ2) is 7.35. The number of fused-ring (bicyclic) bond motifs is 3. The maximum atomic E-state index is 12.6. The monoisotopic (exact) mass is 382 g/mol. The Hall–Kier alpha value is -3.33. The minimum absolute atomic E-state index is 0.152. The smallest absolute Gasteiger partial charge is 0.271 e. The van der Waals surface area contributed by atoms with Crippen molar-refractivity contribution in [2.24, 2.45) is 0 Å². The van der Waals surface area contributed by atoms with Gasteiger partial charge >= 0.3 is 0 Å². The number of hydrogen-bond donors (Lipinski definition) is 3. The van der Waals surface area contributed by atoms with E-state index in [-0.39, 0.29) is 12.0 Å². The number of imidazole rings is 1. The van der Waals surface area contributed by atoms with Crippen LogP contribution in [0.5, 0.6) is 5.75 Å². The summed E-state index contributed by atoms with van der Waals surface area (Å²) in [5, 5.41) is 13.8. The van der Waals surface area contributed by atoms with Crippen molar-refractivity contribution in [2.45, 2.75) is 19.6 Å². The topological polar surface area (TPSA) is 102 Å². The third-order valence-corrected chi connectivity index (χ3v) is 4.58. The molecule has 28 heavy (non-hydrogen) atoms. The first kappa shape index (κ1) is 18.1. The molecule has 1 amide bonds. The zero-order chi connectivity index (χ0) is 19.7. The number of carbonyl (C=O) groups excluding carboxylic acids is 1. The van der Waals surface area contributed by atoms with Crippen molar-refractivity contribution in [3.8, 4) is 5.75 Å². The number of aromatic nitrogens is 3. The minimum atomic E-state index is -0.261. The van der Waals surface area contributed by atoms with E-state index in [0.29, 0.717) is 36.1 Å². The molecule has 0 saturated heterocycles. The van der Waals surface area contributed by atoms with Gasteiger partial charge in [-0.15, -0.1) is 5.10 Å². The van der Waals surface area contributed by atoms with E-state index in [9.17, 15) is 4.79 Å². The summed E-state index contributed by atoms with van der Waals surface area (Å²) in [6, 6.07) is 7.64. The maximum absolute atomic E-state index is 12.6. The average molecular weight is 382 g/mol. The number of benzene rings is 1. The molecular formula is C19H22N6O3. The number of anilines is 3. The molecule has 3 N–H and O–H groups in total. The number of amides is 1. The van der Waals surface area contributed by atoms with E-state index >= 15 is 0 Å². The van der Waals surface area contributed by atoms with E-state index < -0.39 is 0 Å². The molecule has 9 nitrogen and oxygen atoms in total. The lowest BCUT2D eigenvalue weighted by molar-refractivity contribution is 0.0508. The van der Waals surface area contributed by atoms with Gasteiger partial charge in [0, 0.05) is 19.7 Å². The number of nitrogens with one attached hydrogen (secondary N) is 3. The number of nitrogens with zero attached hydrogens (tertiary/aromatic N) is 3. The number of ether oxygens (including phenoxy) is 2. The van der Waals surface area contributed by atoms with Gasteiger partial charge in [0.1, 0.15) is 5.75 Å². The summed E-state index contributed by atoms with van der Waals surface area (Å²) in [4.78, 5) is 17.0. The van der Waals surface area contributed by atoms with Gasteiger partial charge in [-0.2, -0.15) is 0 Å². The third kappa shape index (κ3) is 3.31. The molecule has 1 aliphatic heterocycles. The SMILES string of the molecule is CNc1cc2nn3c(cnc13)C(=O)NCC(C)OCc1ccc(OC)c(c1)N2. The van der Waals surface area contributed by atoms with Crippen LogP contribution in [-0.2, 0) is 11.3 Å². The summed E-state index contributed by atoms with van der Waals surface area (Å²) in [6.45, 7) is 2.71. The van der Waals surface area contributed by atoms with E-state index in [2.05, 4.69) is 26.0 Å². The molecule has 1 unspecified atom stereocenters. The van der Waals surface area contributed by atoms with Gasteiger partial charge in [0.15, 0.2) is 17.2 Å². The molecule has 0 spiro atoms. The summed E-state index contributed by atoms with van der Waals surface area (Å²) in [5.41, 5.74) is 3.40. The van der Waals surface area contributed by atoms with Crippen LogP contribution in [0.2, 0.25) is 0 Å². The Morgan fingerprint density at radius 3 is 3.00 bits per heavy atom. The normalized spacial score (nSPS) is 17.0. The van der Waals surface area contributed by atoms with Gasteiger partial charge in [-0.25, -0.2) is 9.50 Å². The molecule has 146 valence electrons. The molecule has 1 aromatic carbocycles. The standard InChI is InChI=1S/C19H22N6O3/c1-11-8-22-19(26)15-9-21-18-14(20-2)7-17(24-25(15)18)23-13-6-12(10-28-11)4-5-16(13)27-3/h4-7,9,11,20H,8,10H2,1-3H3,(H,22,26)(H,23,24). The van der Waals surface area contributed by atoms with Crippen molar-refractivity contribution < 1.29 is 14.3 Å². The first-order valence-electron chi connectivity index (χ1n) is 8.99. The lowest BCUT2D eigenvalue weighted by Crippen LogP contribution is -2.33. The molecule has 0 radical (unpaired) electrons. The second-order valence-electron chi connectivity index (χ2n) is 6.56. The average Bonchev–Trinajstić information content (AvgIpc) is 3.13. The van der Waals surface area contributed by atoms with Crippen molar-refractivity contribution in [1.82, 2.24) is 19.9 Å². The number of carbonyl (C=O) groups is 1. The molecule has 3 aromatic rings. The number of rotatable bonds is 2. The zero-order valence-electron chi connectivity index (χ0n) is 15.9. The molecule has 9 heteroatoms. The van der Waals surface area contributed by atoms with Gasteiger partial charge < -0.3 is 25.4 Å². The molecule has 4 bridgehead atoms. The van der Waals surface area contributed by atoms with E-state index in [4.69, 9.17) is 9.47 Å². The van der Waals surface area contributed by atoms with Crippen molar-refractivity contribution >= 4 is 28.7 Å². The lowest BCUT2D eigenvalue weighted by Gasteiger charge is -2.17. The van der Waals surface area contributed by atoms with Gasteiger partial charge in [0.05, 0.1) is 37.4 Å². The van der Waals surface area contributed by atoms with Crippen LogP contribution in [-0.4, -0.2) is 47.3 Å². The highest BCUT2D eigenvalue weighted by atomic mass is 16.5. The Morgan fingerprint density at radius 1 is 1.36 bits per heavy atom. The van der Waals surface area contributed by atoms with Crippen LogP contribution in [0.4, 0.5) is 17.2 Å². The molecule has 0 aliphatic carbocycles. The van der Waals surface area contributed by atoms with Crippen LogP contribution < -0.4 is 20.7 Å². The van der Waals surface area contributed by atoms with E-state index in [1.807, 2.05) is 31.2 Å². The summed E-state index contributed by atoms with van der Waals surface area (Å²) < 4.78 is 12.9. The summed E-state index contributed by atoms with van der Waals surface area (Å²) in [5.74, 6) is 0.967. The second-order valence-corrected chi connectivity index (χ2v) is 6.56. The van der Waals surface area contributed by atoms with Crippen LogP contribution in [0.15, 0.2) is 30.5 Å². The fourth-order valence-electron chi connectivity index (χ4n) is 3.07. The van der Waals surface area contributed by atoms with Crippen molar-refractivity contribution in [3.63, 3.8) is 0 Å². The van der Waals surface area contributed by atoms with Crippen molar-refractivity contribution in [3.05, 3.63) is 41.7 Å². The van der Waals surface area contributed by atoms with Gasteiger partial charge in [0.25, 0.3) is 5.91 Å². The summed E-state index contributed by atoms with van der Waals surface area (Å²) in [7, 11) is 3.41. The number of methoxy groups -OCH3 is 1. The number of hydrogen-bond acceptors (Lipinski definition) is 7. The predicted octanol–water partition coefficient (Wildman–Crippen LogP) is 2.17. The minimum Gasteiger partial charge on any atom is -0.495 e.